The average molecular weight is 513 g/mol. The maximum absolute atomic E-state index is 11.8. The quantitative estimate of drug-likeness (QED) is 0.204. The van der Waals surface area contributed by atoms with Gasteiger partial charge in [-0.3, -0.25) is 0 Å². The molecule has 200 valence electrons. The van der Waals surface area contributed by atoms with Gasteiger partial charge >= 0.3 is 17.6 Å². The van der Waals surface area contributed by atoms with Gasteiger partial charge in [-0.05, 0) is 38.5 Å². The van der Waals surface area contributed by atoms with Crippen LogP contribution in [0.5, 0.6) is 0 Å². The second-order valence-corrected chi connectivity index (χ2v) is 15.3. The van der Waals surface area contributed by atoms with Crippen LogP contribution in [-0.2, 0) is 26.6 Å². The van der Waals surface area contributed by atoms with Crippen LogP contribution in [0.1, 0.15) is 84.5 Å². The molecule has 0 amide bonds. The van der Waals surface area contributed by atoms with E-state index in [-0.39, 0.29) is 0 Å². The van der Waals surface area contributed by atoms with Gasteiger partial charge in [-0.15, -0.1) is 0 Å². The molecule has 0 atom stereocenters. The molecule has 0 spiro atoms. The zero-order valence-corrected chi connectivity index (χ0v) is 24.5. The lowest BCUT2D eigenvalue weighted by Crippen LogP contribution is -2.45. The van der Waals surface area contributed by atoms with E-state index in [9.17, 15) is 10.2 Å². The Hall–Kier alpha value is 0.114. The van der Waals surface area contributed by atoms with Gasteiger partial charge in [-0.1, -0.05) is 39.5 Å². The molecule has 0 bridgehead atoms. The van der Waals surface area contributed by atoms with E-state index in [0.29, 0.717) is 57.0 Å². The van der Waals surface area contributed by atoms with Gasteiger partial charge < -0.3 is 36.8 Å². The highest BCUT2D eigenvalue weighted by atomic mass is 28.4. The number of hydrogen-bond acceptors (Lipinski definition) is 8. The van der Waals surface area contributed by atoms with E-state index in [1.165, 1.54) is 0 Å². The number of rotatable bonds is 22. The molecule has 0 aliphatic rings. The third-order valence-corrected chi connectivity index (χ3v) is 12.4. The van der Waals surface area contributed by atoms with E-state index in [4.69, 9.17) is 26.6 Å². The Morgan fingerprint density at radius 2 is 0.788 bits per heavy atom. The first kappa shape index (κ1) is 33.1. The molecule has 0 fully saturated rings. The first-order chi connectivity index (χ1) is 15.6. The minimum Gasteiger partial charge on any atom is -0.390 e. The van der Waals surface area contributed by atoms with Crippen LogP contribution in [0.2, 0.25) is 12.1 Å². The molecule has 10 heteroatoms. The van der Waals surface area contributed by atoms with Crippen LogP contribution in [0.3, 0.4) is 0 Å². The van der Waals surface area contributed by atoms with Gasteiger partial charge in [0.15, 0.2) is 0 Å². The summed E-state index contributed by atoms with van der Waals surface area (Å²) < 4.78 is 33.3. The molecule has 0 aliphatic heterocycles. The van der Waals surface area contributed by atoms with E-state index in [1.54, 1.807) is 42.7 Å². The molecular formula is C23H52O8Si2. The predicted molar refractivity (Wildman–Crippen MR) is 135 cm³/mol. The maximum atomic E-state index is 11.8. The predicted octanol–water partition coefficient (Wildman–Crippen LogP) is 4.54. The van der Waals surface area contributed by atoms with Crippen molar-refractivity contribution in [2.24, 2.45) is 0 Å². The lowest BCUT2D eigenvalue weighted by Gasteiger charge is -2.39. The monoisotopic (exact) mass is 512 g/mol. The highest BCUT2D eigenvalue weighted by molar-refractivity contribution is 6.60. The van der Waals surface area contributed by atoms with E-state index in [0.717, 1.165) is 25.7 Å². The SMILES string of the molecule is CCCCC(O)(CCCC)CC(O)(CCC[Si](OC)(OC)OC)CCC[Si](OC)(OC)OC. The van der Waals surface area contributed by atoms with Crippen LogP contribution in [0.25, 0.3) is 0 Å². The Balaban J connectivity index is 5.52. The molecular weight excluding hydrogens is 460 g/mol. The first-order valence-electron chi connectivity index (χ1n) is 12.4. The molecule has 2 N–H and O–H groups in total. The van der Waals surface area contributed by atoms with Crippen LogP contribution in [-0.4, -0.2) is 81.7 Å². The van der Waals surface area contributed by atoms with E-state index in [1.807, 2.05) is 0 Å². The van der Waals surface area contributed by atoms with Crippen molar-refractivity contribution in [2.45, 2.75) is 108 Å². The Kier molecular flexibility index (Phi) is 16.8. The lowest BCUT2D eigenvalue weighted by molar-refractivity contribution is -0.0830. The van der Waals surface area contributed by atoms with Gasteiger partial charge in [0.2, 0.25) is 0 Å². The van der Waals surface area contributed by atoms with Crippen LogP contribution in [0, 0.1) is 0 Å². The van der Waals surface area contributed by atoms with Crippen LogP contribution in [0.4, 0.5) is 0 Å². The van der Waals surface area contributed by atoms with Crippen molar-refractivity contribution in [3.05, 3.63) is 0 Å². The summed E-state index contributed by atoms with van der Waals surface area (Å²) >= 11 is 0. The zero-order chi connectivity index (χ0) is 25.4. The highest BCUT2D eigenvalue weighted by Crippen LogP contribution is 2.37. The van der Waals surface area contributed by atoms with Gasteiger partial charge in [-0.25, -0.2) is 0 Å². The Labute approximate surface area is 205 Å². The molecule has 0 saturated carbocycles. The molecule has 0 heterocycles. The smallest absolute Gasteiger partial charge is 0.390 e. The molecule has 0 aliphatic carbocycles. The van der Waals surface area contributed by atoms with Crippen molar-refractivity contribution in [1.82, 2.24) is 0 Å². The van der Waals surface area contributed by atoms with E-state index in [2.05, 4.69) is 13.8 Å². The topological polar surface area (TPSA) is 95.8 Å². The number of hydrogen-bond donors (Lipinski definition) is 2. The first-order valence-corrected chi connectivity index (χ1v) is 16.2. The van der Waals surface area contributed by atoms with Crippen LogP contribution < -0.4 is 0 Å². The third kappa shape index (κ3) is 11.6. The normalized spacial score (nSPS) is 13.6. The molecule has 8 nitrogen and oxygen atoms in total. The highest BCUT2D eigenvalue weighted by Gasteiger charge is 2.43. The van der Waals surface area contributed by atoms with Crippen molar-refractivity contribution in [3.8, 4) is 0 Å². The molecule has 0 unspecified atom stereocenters. The zero-order valence-electron chi connectivity index (χ0n) is 22.5. The molecule has 0 saturated heterocycles. The minimum atomic E-state index is -2.72. The second-order valence-electron chi connectivity index (χ2n) is 9.13. The fourth-order valence-electron chi connectivity index (χ4n) is 4.61. The standard InChI is InChI=1S/C23H52O8Si2/c1-9-11-15-22(24,16-12-10-2)21-23(25,17-13-19-32(26-3,27-4)28-5)18-14-20-33(29-6,30-7)31-8/h24-25H,9-21H2,1-8H3. The number of aliphatic hydroxyl groups is 2. The van der Waals surface area contributed by atoms with Crippen LogP contribution in [0.15, 0.2) is 0 Å². The molecule has 0 aromatic carbocycles. The fraction of sp³-hybridized carbons (Fsp3) is 1.00. The second kappa shape index (κ2) is 16.7. The largest absolute Gasteiger partial charge is 0.500 e. The Morgan fingerprint density at radius 3 is 1.03 bits per heavy atom. The van der Waals surface area contributed by atoms with Crippen molar-refractivity contribution in [2.75, 3.05) is 42.7 Å². The Morgan fingerprint density at radius 1 is 0.515 bits per heavy atom. The molecule has 0 aromatic rings. The van der Waals surface area contributed by atoms with Crippen molar-refractivity contribution in [1.29, 1.82) is 0 Å². The summed E-state index contributed by atoms with van der Waals surface area (Å²) in [6.45, 7) is 4.25. The Bertz CT molecular complexity index is 437. The number of unbranched alkanes of at least 4 members (excludes halogenated alkanes) is 2. The fourth-order valence-corrected chi connectivity index (χ4v) is 8.05. The molecule has 0 rings (SSSR count). The van der Waals surface area contributed by atoms with Crippen molar-refractivity contribution in [3.63, 3.8) is 0 Å². The third-order valence-electron chi connectivity index (χ3n) is 6.77. The van der Waals surface area contributed by atoms with Crippen molar-refractivity contribution < 1.29 is 36.8 Å². The van der Waals surface area contributed by atoms with Gasteiger partial charge in [0.05, 0.1) is 11.2 Å². The molecule has 33 heavy (non-hydrogen) atoms. The van der Waals surface area contributed by atoms with Gasteiger partial charge in [0.25, 0.3) is 0 Å². The van der Waals surface area contributed by atoms with Crippen molar-refractivity contribution >= 4 is 17.6 Å². The summed E-state index contributed by atoms with van der Waals surface area (Å²) in [5, 5.41) is 23.3. The van der Waals surface area contributed by atoms with E-state index >= 15 is 0 Å². The summed E-state index contributed by atoms with van der Waals surface area (Å²) in [7, 11) is 4.16. The summed E-state index contributed by atoms with van der Waals surface area (Å²) in [5.74, 6) is 0. The summed E-state index contributed by atoms with van der Waals surface area (Å²) in [4.78, 5) is 0. The summed E-state index contributed by atoms with van der Waals surface area (Å²) in [5.41, 5.74) is -1.90. The van der Waals surface area contributed by atoms with Gasteiger partial charge in [-0.2, -0.15) is 0 Å². The minimum absolute atomic E-state index is 0.350. The summed E-state index contributed by atoms with van der Waals surface area (Å²) in [6.07, 6.45) is 8.07. The van der Waals surface area contributed by atoms with E-state index < -0.39 is 28.8 Å². The molecule has 0 radical (unpaired) electrons. The molecule has 0 aromatic heterocycles. The average Bonchev–Trinajstić information content (AvgIpc) is 2.83. The lowest BCUT2D eigenvalue weighted by atomic mass is 9.77. The maximum Gasteiger partial charge on any atom is 0.500 e. The van der Waals surface area contributed by atoms with Gasteiger partial charge in [0.1, 0.15) is 0 Å². The summed E-state index contributed by atoms with van der Waals surface area (Å²) in [6, 6.07) is 1.21. The van der Waals surface area contributed by atoms with Gasteiger partial charge in [0, 0.05) is 61.2 Å². The van der Waals surface area contributed by atoms with Crippen LogP contribution >= 0.6 is 0 Å².